The summed E-state index contributed by atoms with van der Waals surface area (Å²) in [6.07, 6.45) is -1.61. The number of nitrogens with zero attached hydrogens (tertiary/aromatic N) is 2. The fourth-order valence-electron chi connectivity index (χ4n) is 2.89. The highest BCUT2D eigenvalue weighted by Crippen LogP contribution is 2.41. The first-order chi connectivity index (χ1) is 12.9. The topological polar surface area (TPSA) is 111 Å². The van der Waals surface area contributed by atoms with E-state index >= 15 is 0 Å². The van der Waals surface area contributed by atoms with Crippen LogP contribution in [-0.2, 0) is 14.4 Å². The smallest absolute Gasteiger partial charge is 0.356 e. The van der Waals surface area contributed by atoms with Crippen LogP contribution in [0, 0.1) is 10.1 Å². The largest absolute Gasteiger partial charge is 0.466 e. The van der Waals surface area contributed by atoms with Crippen LogP contribution in [-0.4, -0.2) is 34.4 Å². The molecule has 0 aliphatic carbocycles. The number of carbonyl (C=O) groups excluding carboxylic acids is 1. The van der Waals surface area contributed by atoms with E-state index in [1.807, 2.05) is 0 Å². The maximum atomic E-state index is 12.5. The van der Waals surface area contributed by atoms with Gasteiger partial charge in [-0.1, -0.05) is 47.1 Å². The van der Waals surface area contributed by atoms with Crippen molar-refractivity contribution in [3.05, 3.63) is 74.8 Å². The molecule has 1 aliphatic rings. The molecule has 0 radical (unpaired) electrons. The van der Waals surface area contributed by atoms with Crippen LogP contribution < -0.4 is 0 Å². The summed E-state index contributed by atoms with van der Waals surface area (Å²) in [5.41, 5.74) is -1.02. The van der Waals surface area contributed by atoms with E-state index < -0.39 is 22.6 Å². The first kappa shape index (κ1) is 18.8. The zero-order valence-electron chi connectivity index (χ0n) is 14.2. The number of rotatable bonds is 5. The zero-order chi connectivity index (χ0) is 19.6. The molecular weight excluding hydrogens is 376 g/mol. The lowest BCUT2D eigenvalue weighted by Crippen LogP contribution is -2.46. The number of hydrogen-bond acceptors (Lipinski definition) is 7. The highest BCUT2D eigenvalue weighted by atomic mass is 35.5. The van der Waals surface area contributed by atoms with Gasteiger partial charge in [0.2, 0.25) is 0 Å². The molecule has 0 spiro atoms. The minimum atomic E-state index is -1.85. The Labute approximate surface area is 159 Å². The Morgan fingerprint density at radius 1 is 1.37 bits per heavy atom. The maximum Gasteiger partial charge on any atom is 0.356 e. The number of nitro groups is 1. The second-order valence-electron chi connectivity index (χ2n) is 5.92. The van der Waals surface area contributed by atoms with Crippen LogP contribution >= 0.6 is 11.6 Å². The Morgan fingerprint density at radius 2 is 2.11 bits per heavy atom. The Hall–Kier alpha value is -2.97. The molecule has 0 bridgehead atoms. The second-order valence-corrected chi connectivity index (χ2v) is 6.33. The minimum absolute atomic E-state index is 0.127. The number of carbonyl (C=O) groups is 1. The second kappa shape index (κ2) is 7.34. The maximum absolute atomic E-state index is 12.5. The van der Waals surface area contributed by atoms with E-state index in [-0.39, 0.29) is 28.4 Å². The van der Waals surface area contributed by atoms with Crippen LogP contribution in [0.2, 0.25) is 5.02 Å². The van der Waals surface area contributed by atoms with Gasteiger partial charge in [-0.15, -0.1) is 0 Å². The van der Waals surface area contributed by atoms with Gasteiger partial charge in [0.1, 0.15) is 6.10 Å². The van der Waals surface area contributed by atoms with E-state index in [9.17, 15) is 20.0 Å². The fraction of sp³-hybridized carbons (Fsp3) is 0.222. The van der Waals surface area contributed by atoms with Gasteiger partial charge in [-0.3, -0.25) is 10.1 Å². The summed E-state index contributed by atoms with van der Waals surface area (Å²) in [6.45, 7) is 0. The van der Waals surface area contributed by atoms with E-state index in [0.29, 0.717) is 5.56 Å². The molecule has 2 unspecified atom stereocenters. The summed E-state index contributed by atoms with van der Waals surface area (Å²) in [4.78, 5) is 28.3. The summed E-state index contributed by atoms with van der Waals surface area (Å²) in [5, 5.41) is 26.0. The molecule has 1 N–H and O–H groups in total. The summed E-state index contributed by atoms with van der Waals surface area (Å²) >= 11 is 6.14. The van der Waals surface area contributed by atoms with Crippen LogP contribution in [0.1, 0.15) is 23.7 Å². The predicted octanol–water partition coefficient (Wildman–Crippen LogP) is 3.02. The Morgan fingerprint density at radius 3 is 2.78 bits per heavy atom. The van der Waals surface area contributed by atoms with Crippen molar-refractivity contribution in [3.8, 4) is 0 Å². The van der Waals surface area contributed by atoms with Crippen molar-refractivity contribution in [2.24, 2.45) is 5.16 Å². The Balaban J connectivity index is 1.97. The summed E-state index contributed by atoms with van der Waals surface area (Å²) in [7, 11) is 1.16. The van der Waals surface area contributed by atoms with Crippen LogP contribution in [0.15, 0.2) is 53.7 Å². The fourth-order valence-corrected chi connectivity index (χ4v) is 3.13. The van der Waals surface area contributed by atoms with Crippen molar-refractivity contribution in [1.82, 2.24) is 0 Å². The van der Waals surface area contributed by atoms with E-state index in [2.05, 4.69) is 5.16 Å². The van der Waals surface area contributed by atoms with E-state index in [4.69, 9.17) is 21.2 Å². The molecule has 0 saturated heterocycles. The van der Waals surface area contributed by atoms with Gasteiger partial charge in [-0.25, -0.2) is 4.79 Å². The van der Waals surface area contributed by atoms with Crippen molar-refractivity contribution in [1.29, 1.82) is 0 Å². The van der Waals surface area contributed by atoms with E-state index in [1.54, 1.807) is 30.3 Å². The molecular formula is C18H15ClN2O6. The minimum Gasteiger partial charge on any atom is -0.466 e. The first-order valence-corrected chi connectivity index (χ1v) is 8.27. The SMILES string of the molecule is COC(=O)C1(C(O)c2ccccc2Cl)CC(c2cccc([N+](=O)[O-])c2)=NO1. The number of ether oxygens (including phenoxy) is 1. The van der Waals surface area contributed by atoms with Crippen molar-refractivity contribution in [2.75, 3.05) is 7.11 Å². The number of halogens is 1. The van der Waals surface area contributed by atoms with E-state index in [0.717, 1.165) is 7.11 Å². The van der Waals surface area contributed by atoms with Crippen LogP contribution in [0.3, 0.4) is 0 Å². The molecule has 2 aromatic rings. The predicted molar refractivity (Wildman–Crippen MR) is 96.5 cm³/mol. The highest BCUT2D eigenvalue weighted by molar-refractivity contribution is 6.31. The molecule has 1 heterocycles. The lowest BCUT2D eigenvalue weighted by atomic mass is 9.85. The molecule has 8 nitrogen and oxygen atoms in total. The third kappa shape index (κ3) is 3.36. The zero-order valence-corrected chi connectivity index (χ0v) is 14.9. The van der Waals surface area contributed by atoms with Gasteiger partial charge >= 0.3 is 5.97 Å². The average Bonchev–Trinajstić information content (AvgIpc) is 3.14. The Kier molecular flexibility index (Phi) is 5.11. The number of esters is 1. The normalized spacial score (nSPS) is 19.7. The number of benzene rings is 2. The molecule has 3 rings (SSSR count). The number of hydrogen-bond donors (Lipinski definition) is 1. The van der Waals surface area contributed by atoms with Crippen LogP contribution in [0.4, 0.5) is 5.69 Å². The number of methoxy groups -OCH3 is 1. The van der Waals surface area contributed by atoms with Gasteiger partial charge < -0.3 is 14.7 Å². The lowest BCUT2D eigenvalue weighted by Gasteiger charge is -2.29. The highest BCUT2D eigenvalue weighted by Gasteiger charge is 2.55. The standard InChI is InChI=1S/C18H15ClN2O6/c1-26-17(23)18(16(22)13-7-2-3-8-14(13)19)10-15(20-27-18)11-5-4-6-12(9-11)21(24)25/h2-9,16,22H,10H2,1H3. The van der Waals surface area contributed by atoms with Gasteiger partial charge in [-0.2, -0.15) is 0 Å². The van der Waals surface area contributed by atoms with Crippen LogP contribution in [0.25, 0.3) is 0 Å². The van der Waals surface area contributed by atoms with Gasteiger partial charge in [0, 0.05) is 28.3 Å². The number of aliphatic hydroxyl groups is 1. The van der Waals surface area contributed by atoms with Crippen molar-refractivity contribution in [2.45, 2.75) is 18.1 Å². The molecule has 140 valence electrons. The molecule has 9 heteroatoms. The third-order valence-electron chi connectivity index (χ3n) is 4.31. The van der Waals surface area contributed by atoms with Gasteiger partial charge in [0.25, 0.3) is 11.3 Å². The molecule has 0 aromatic heterocycles. The van der Waals surface area contributed by atoms with Gasteiger partial charge in [-0.05, 0) is 6.07 Å². The van der Waals surface area contributed by atoms with Gasteiger partial charge in [0.15, 0.2) is 0 Å². The van der Waals surface area contributed by atoms with Crippen molar-refractivity contribution < 1.29 is 24.4 Å². The third-order valence-corrected chi connectivity index (χ3v) is 4.66. The monoisotopic (exact) mass is 390 g/mol. The molecule has 1 aliphatic heterocycles. The van der Waals surface area contributed by atoms with Crippen molar-refractivity contribution >= 4 is 29.0 Å². The van der Waals surface area contributed by atoms with Crippen molar-refractivity contribution in [3.63, 3.8) is 0 Å². The molecule has 0 amide bonds. The molecule has 27 heavy (non-hydrogen) atoms. The summed E-state index contributed by atoms with van der Waals surface area (Å²) in [5.74, 6) is -0.834. The summed E-state index contributed by atoms with van der Waals surface area (Å²) in [6, 6.07) is 12.2. The molecule has 2 aromatic carbocycles. The molecule has 0 fully saturated rings. The van der Waals surface area contributed by atoms with Crippen LogP contribution in [0.5, 0.6) is 0 Å². The van der Waals surface area contributed by atoms with E-state index in [1.165, 1.54) is 18.2 Å². The molecule has 0 saturated carbocycles. The Bertz CT molecular complexity index is 932. The number of nitro benzene ring substituents is 1. The quantitative estimate of drug-likeness (QED) is 0.477. The lowest BCUT2D eigenvalue weighted by molar-refractivity contribution is -0.384. The summed E-state index contributed by atoms with van der Waals surface area (Å²) < 4.78 is 4.82. The average molecular weight is 391 g/mol. The first-order valence-electron chi connectivity index (χ1n) is 7.90. The number of aliphatic hydroxyl groups excluding tert-OH is 1. The molecule has 2 atom stereocenters. The number of oxime groups is 1. The number of non-ortho nitro benzene ring substituents is 1. The van der Waals surface area contributed by atoms with Gasteiger partial charge in [0.05, 0.1) is 24.2 Å².